The maximum atomic E-state index is 6.23. The van der Waals surface area contributed by atoms with Gasteiger partial charge in [0, 0.05) is 17.1 Å². The summed E-state index contributed by atoms with van der Waals surface area (Å²) in [6.07, 6.45) is 0. The summed E-state index contributed by atoms with van der Waals surface area (Å²) in [6.45, 7) is 12.6. The predicted octanol–water partition coefficient (Wildman–Crippen LogP) is 4.33. The average molecular weight is 411 g/mol. The Bertz CT molecular complexity index is 1060. The summed E-state index contributed by atoms with van der Waals surface area (Å²) in [5.41, 5.74) is 7.53. The van der Waals surface area contributed by atoms with Gasteiger partial charge >= 0.3 is 7.12 Å². The van der Waals surface area contributed by atoms with Crippen LogP contribution in [-0.2, 0) is 9.31 Å². The van der Waals surface area contributed by atoms with Crippen LogP contribution >= 0.6 is 0 Å². The van der Waals surface area contributed by atoms with Gasteiger partial charge in [0.15, 0.2) is 0 Å². The first-order valence-electron chi connectivity index (χ1n) is 11.0. The molecule has 3 aromatic carbocycles. The van der Waals surface area contributed by atoms with Gasteiger partial charge in [-0.15, -0.1) is 0 Å². The van der Waals surface area contributed by atoms with E-state index in [2.05, 4.69) is 121 Å². The van der Waals surface area contributed by atoms with Gasteiger partial charge in [0.05, 0.1) is 11.2 Å². The Hall–Kier alpha value is -2.49. The van der Waals surface area contributed by atoms with E-state index in [1.807, 2.05) is 0 Å². The minimum atomic E-state index is -0.354. The van der Waals surface area contributed by atoms with Crippen LogP contribution in [-0.4, -0.2) is 26.2 Å². The summed E-state index contributed by atoms with van der Waals surface area (Å²) in [7, 11) is 1.76. The van der Waals surface area contributed by atoms with Crippen molar-refractivity contribution < 1.29 is 9.31 Å². The molecule has 4 rings (SSSR count). The molecule has 1 aliphatic heterocycles. The number of benzene rings is 3. The van der Waals surface area contributed by atoms with Crippen molar-refractivity contribution >= 4 is 43.0 Å². The lowest BCUT2D eigenvalue weighted by Crippen LogP contribution is -2.41. The molecular weight excluding hydrogens is 380 g/mol. The van der Waals surface area contributed by atoms with Crippen LogP contribution in [0.25, 0.3) is 0 Å². The summed E-state index contributed by atoms with van der Waals surface area (Å²) >= 11 is 0. The lowest BCUT2D eigenvalue weighted by molar-refractivity contribution is 0.00578. The van der Waals surface area contributed by atoms with Crippen LogP contribution in [0.4, 0.5) is 17.1 Å². The summed E-state index contributed by atoms with van der Waals surface area (Å²) in [4.78, 5) is 2.31. The molecule has 0 atom stereocenters. The zero-order valence-corrected chi connectivity index (χ0v) is 19.7. The van der Waals surface area contributed by atoms with Gasteiger partial charge in [0.25, 0.3) is 0 Å². The van der Waals surface area contributed by atoms with E-state index in [4.69, 9.17) is 9.31 Å². The van der Waals surface area contributed by atoms with Crippen molar-refractivity contribution in [2.45, 2.75) is 52.7 Å². The highest BCUT2D eigenvalue weighted by Gasteiger charge is 2.51. The molecule has 1 saturated heterocycles. The van der Waals surface area contributed by atoms with Gasteiger partial charge in [0.2, 0.25) is 0 Å². The Morgan fingerprint density at radius 3 is 1.77 bits per heavy atom. The van der Waals surface area contributed by atoms with Crippen molar-refractivity contribution in [1.29, 1.82) is 0 Å². The van der Waals surface area contributed by atoms with Gasteiger partial charge in [0.1, 0.15) is 7.85 Å². The van der Waals surface area contributed by atoms with Crippen molar-refractivity contribution in [1.82, 2.24) is 0 Å². The summed E-state index contributed by atoms with van der Waals surface area (Å²) < 4.78 is 12.5. The van der Waals surface area contributed by atoms with Crippen molar-refractivity contribution in [3.63, 3.8) is 0 Å². The smallest absolute Gasteiger partial charge is 0.399 e. The maximum absolute atomic E-state index is 6.23. The van der Waals surface area contributed by atoms with Crippen LogP contribution in [0, 0.1) is 13.8 Å². The zero-order valence-electron chi connectivity index (χ0n) is 19.7. The summed E-state index contributed by atoms with van der Waals surface area (Å²) in [5, 5.41) is 0. The first-order chi connectivity index (χ1) is 14.6. The fourth-order valence-electron chi connectivity index (χ4n) is 3.94. The second-order valence-corrected chi connectivity index (χ2v) is 9.64. The monoisotopic (exact) mass is 411 g/mol. The van der Waals surface area contributed by atoms with Crippen LogP contribution in [0.2, 0.25) is 0 Å². The molecule has 1 fully saturated rings. The summed E-state index contributed by atoms with van der Waals surface area (Å²) in [5.74, 6) is 0. The van der Waals surface area contributed by atoms with E-state index in [0.29, 0.717) is 0 Å². The molecule has 31 heavy (non-hydrogen) atoms. The molecule has 0 spiro atoms. The molecular formula is C26H31B2NO2. The predicted molar refractivity (Wildman–Crippen MR) is 134 cm³/mol. The second kappa shape index (κ2) is 7.89. The standard InChI is InChI=1S/C26H31B2NO2/c1-18-7-16-24(19(2)17-18)29(22-12-8-20(27)9-13-22)23-14-10-21(11-15-23)28-30-25(3,4)26(5,6)31-28/h7-17H,27H2,1-6H3. The molecule has 0 radical (unpaired) electrons. The van der Waals surface area contributed by atoms with E-state index in [-0.39, 0.29) is 18.3 Å². The largest absolute Gasteiger partial charge is 0.494 e. The highest BCUT2D eigenvalue weighted by Crippen LogP contribution is 2.38. The molecule has 0 unspecified atom stereocenters. The summed E-state index contributed by atoms with van der Waals surface area (Å²) in [6, 6.07) is 23.8. The molecule has 3 nitrogen and oxygen atoms in total. The Labute approximate surface area is 187 Å². The van der Waals surface area contributed by atoms with Crippen molar-refractivity contribution in [2.75, 3.05) is 4.90 Å². The molecule has 1 heterocycles. The fourth-order valence-corrected chi connectivity index (χ4v) is 3.94. The van der Waals surface area contributed by atoms with Gasteiger partial charge in [-0.1, -0.05) is 47.4 Å². The Balaban J connectivity index is 1.72. The second-order valence-electron chi connectivity index (χ2n) is 9.64. The minimum Gasteiger partial charge on any atom is -0.399 e. The molecule has 158 valence electrons. The van der Waals surface area contributed by atoms with Crippen LogP contribution in [0.15, 0.2) is 66.7 Å². The molecule has 5 heteroatoms. The molecule has 0 amide bonds. The Morgan fingerprint density at radius 2 is 1.26 bits per heavy atom. The first-order valence-corrected chi connectivity index (χ1v) is 11.0. The van der Waals surface area contributed by atoms with Crippen molar-refractivity contribution in [3.8, 4) is 0 Å². The third-order valence-electron chi connectivity index (χ3n) is 6.56. The molecule has 0 N–H and O–H groups in total. The van der Waals surface area contributed by atoms with Crippen molar-refractivity contribution in [2.24, 2.45) is 0 Å². The first kappa shape index (κ1) is 21.7. The molecule has 0 bridgehead atoms. The van der Waals surface area contributed by atoms with E-state index in [1.54, 1.807) is 0 Å². The molecule has 3 aromatic rings. The number of nitrogens with zero attached hydrogens (tertiary/aromatic N) is 1. The number of rotatable bonds is 4. The Morgan fingerprint density at radius 1 is 0.742 bits per heavy atom. The Kier molecular flexibility index (Phi) is 5.53. The van der Waals surface area contributed by atoms with Crippen LogP contribution in [0.5, 0.6) is 0 Å². The number of anilines is 3. The van der Waals surface area contributed by atoms with E-state index >= 15 is 0 Å². The van der Waals surface area contributed by atoms with Crippen LogP contribution < -0.4 is 15.8 Å². The fraction of sp³-hybridized carbons (Fsp3) is 0.308. The molecule has 0 aromatic heterocycles. The third-order valence-corrected chi connectivity index (χ3v) is 6.56. The topological polar surface area (TPSA) is 21.7 Å². The maximum Gasteiger partial charge on any atom is 0.494 e. The van der Waals surface area contributed by atoms with Gasteiger partial charge in [-0.3, -0.25) is 0 Å². The van der Waals surface area contributed by atoms with Gasteiger partial charge < -0.3 is 14.2 Å². The number of aryl methyl sites for hydroxylation is 2. The average Bonchev–Trinajstić information content (AvgIpc) is 2.93. The molecule has 1 aliphatic rings. The van der Waals surface area contributed by atoms with Crippen LogP contribution in [0.3, 0.4) is 0 Å². The SMILES string of the molecule is Bc1ccc(N(c2ccc(B3OC(C)(C)C(C)(C)O3)cc2)c2ccc(C)cc2C)cc1. The normalized spacial score (nSPS) is 17.0. The quantitative estimate of drug-likeness (QED) is 0.597. The highest BCUT2D eigenvalue weighted by molar-refractivity contribution is 6.62. The lowest BCUT2D eigenvalue weighted by atomic mass is 9.79. The van der Waals surface area contributed by atoms with Gasteiger partial charge in [-0.05, 0) is 82.9 Å². The molecule has 0 aliphatic carbocycles. The zero-order chi connectivity index (χ0) is 22.4. The van der Waals surface area contributed by atoms with Gasteiger partial charge in [-0.25, -0.2) is 0 Å². The van der Waals surface area contributed by atoms with Gasteiger partial charge in [-0.2, -0.15) is 0 Å². The lowest BCUT2D eigenvalue weighted by Gasteiger charge is -2.32. The van der Waals surface area contributed by atoms with Crippen LogP contribution in [0.1, 0.15) is 38.8 Å². The van der Waals surface area contributed by atoms with E-state index in [9.17, 15) is 0 Å². The van der Waals surface area contributed by atoms with Crippen molar-refractivity contribution in [3.05, 3.63) is 77.9 Å². The van der Waals surface area contributed by atoms with E-state index < -0.39 is 0 Å². The number of hydrogen-bond acceptors (Lipinski definition) is 3. The number of hydrogen-bond donors (Lipinski definition) is 0. The third kappa shape index (κ3) is 4.17. The molecule has 0 saturated carbocycles. The minimum absolute atomic E-state index is 0.344. The van der Waals surface area contributed by atoms with E-state index in [0.717, 1.165) is 16.8 Å². The van der Waals surface area contributed by atoms with E-state index in [1.165, 1.54) is 22.3 Å². The highest BCUT2D eigenvalue weighted by atomic mass is 16.7.